The average molecular weight is 407 g/mol. The molecule has 2 aromatic heterocycles. The highest BCUT2D eigenvalue weighted by molar-refractivity contribution is 5.93. The molecule has 0 unspecified atom stereocenters. The lowest BCUT2D eigenvalue weighted by Gasteiger charge is -2.36. The van der Waals surface area contributed by atoms with E-state index in [1.165, 1.54) is 0 Å². The van der Waals surface area contributed by atoms with Gasteiger partial charge in [0.1, 0.15) is 0 Å². The molecular weight excluding hydrogens is 376 g/mol. The van der Waals surface area contributed by atoms with Crippen LogP contribution in [-0.4, -0.2) is 66.8 Å². The molecule has 0 spiro atoms. The predicted molar refractivity (Wildman–Crippen MR) is 124 cm³/mol. The molecule has 0 saturated carbocycles. The second-order valence-corrected chi connectivity index (χ2v) is 8.25. The maximum atomic E-state index is 13.2. The maximum Gasteiger partial charge on any atom is 0.328 e. The summed E-state index contributed by atoms with van der Waals surface area (Å²) in [6.07, 6.45) is 3.70. The van der Waals surface area contributed by atoms with E-state index in [-0.39, 0.29) is 6.03 Å². The van der Waals surface area contributed by atoms with Crippen LogP contribution in [0.25, 0.3) is 10.9 Å². The van der Waals surface area contributed by atoms with Crippen molar-refractivity contribution >= 4 is 34.1 Å². The highest BCUT2D eigenvalue weighted by Crippen LogP contribution is 2.26. The Morgan fingerprint density at radius 3 is 2.57 bits per heavy atom. The zero-order valence-corrected chi connectivity index (χ0v) is 18.2. The second kappa shape index (κ2) is 8.26. The van der Waals surface area contributed by atoms with Crippen molar-refractivity contribution in [2.75, 3.05) is 55.4 Å². The Morgan fingerprint density at radius 2 is 1.87 bits per heavy atom. The lowest BCUT2D eigenvalue weighted by molar-refractivity contribution is 0.197. The first-order chi connectivity index (χ1) is 14.4. The van der Waals surface area contributed by atoms with Crippen LogP contribution >= 0.6 is 0 Å². The number of hydrogen-bond acceptors (Lipinski definition) is 5. The minimum atomic E-state index is 0.0297. The second-order valence-electron chi connectivity index (χ2n) is 8.25. The molecule has 4 rings (SSSR count). The van der Waals surface area contributed by atoms with E-state index in [1.807, 2.05) is 43.5 Å². The van der Waals surface area contributed by atoms with Crippen molar-refractivity contribution < 1.29 is 4.79 Å². The van der Waals surface area contributed by atoms with Crippen LogP contribution < -0.4 is 15.1 Å². The fraction of sp³-hybridized carbons (Fsp3) is 0.391. The van der Waals surface area contributed by atoms with Gasteiger partial charge in [-0.15, -0.1) is 0 Å². The number of fused-ring (bicyclic) bond motifs is 1. The monoisotopic (exact) mass is 406 g/mol. The highest BCUT2D eigenvalue weighted by atomic mass is 16.2. The zero-order valence-electron chi connectivity index (χ0n) is 18.2. The molecule has 30 heavy (non-hydrogen) atoms. The van der Waals surface area contributed by atoms with E-state index in [0.717, 1.165) is 41.2 Å². The molecule has 1 N–H and O–H groups in total. The standard InChI is InChI=1S/C23H30N6O/c1-17(2)25-20-6-5-10-24-22(20)27-12-14-28(15-13-27)23(30)29-11-9-18-7-8-19(26(3)4)16-21(18)29/h5-11,16-17,25H,12-15H2,1-4H3. The molecule has 1 saturated heterocycles. The molecule has 158 valence electrons. The number of carbonyl (C=O) groups is 1. The summed E-state index contributed by atoms with van der Waals surface area (Å²) >= 11 is 0. The number of rotatable bonds is 4. The Hall–Kier alpha value is -3.22. The zero-order chi connectivity index (χ0) is 21.3. The Balaban J connectivity index is 1.49. The SMILES string of the molecule is CC(C)Nc1cccnc1N1CCN(C(=O)n2ccc3ccc(N(C)C)cc32)CC1. The number of benzene rings is 1. The van der Waals surface area contributed by atoms with E-state index in [9.17, 15) is 4.79 Å². The van der Waals surface area contributed by atoms with Crippen molar-refractivity contribution in [2.24, 2.45) is 0 Å². The number of nitrogens with one attached hydrogen (secondary N) is 1. The third-order valence-electron chi connectivity index (χ3n) is 5.48. The van der Waals surface area contributed by atoms with Gasteiger partial charge in [-0.2, -0.15) is 0 Å². The summed E-state index contributed by atoms with van der Waals surface area (Å²) < 4.78 is 1.77. The van der Waals surface area contributed by atoms with Crippen LogP contribution in [-0.2, 0) is 0 Å². The van der Waals surface area contributed by atoms with Gasteiger partial charge >= 0.3 is 6.03 Å². The van der Waals surface area contributed by atoms with Gasteiger partial charge in [-0.1, -0.05) is 6.07 Å². The van der Waals surface area contributed by atoms with E-state index in [2.05, 4.69) is 58.2 Å². The molecule has 7 heteroatoms. The summed E-state index contributed by atoms with van der Waals surface area (Å²) in [5.74, 6) is 0.959. The molecule has 7 nitrogen and oxygen atoms in total. The van der Waals surface area contributed by atoms with E-state index in [4.69, 9.17) is 0 Å². The quantitative estimate of drug-likeness (QED) is 0.716. The number of carbonyl (C=O) groups excluding carboxylic acids is 1. The van der Waals surface area contributed by atoms with Crippen molar-refractivity contribution in [2.45, 2.75) is 19.9 Å². The summed E-state index contributed by atoms with van der Waals surface area (Å²) in [5.41, 5.74) is 3.07. The van der Waals surface area contributed by atoms with Gasteiger partial charge < -0.3 is 20.0 Å². The van der Waals surface area contributed by atoms with Gasteiger partial charge in [0.15, 0.2) is 5.82 Å². The number of pyridine rings is 1. The van der Waals surface area contributed by atoms with Crippen molar-refractivity contribution in [3.8, 4) is 0 Å². The summed E-state index contributed by atoms with van der Waals surface area (Å²) in [6, 6.07) is 12.6. The molecule has 1 amide bonds. The number of anilines is 3. The lowest BCUT2D eigenvalue weighted by Crippen LogP contribution is -2.50. The van der Waals surface area contributed by atoms with Crippen LogP contribution in [0.1, 0.15) is 13.8 Å². The fourth-order valence-corrected chi connectivity index (χ4v) is 3.90. The minimum Gasteiger partial charge on any atom is -0.380 e. The van der Waals surface area contributed by atoms with Crippen molar-refractivity contribution in [3.05, 3.63) is 48.8 Å². The molecule has 0 aliphatic carbocycles. The topological polar surface area (TPSA) is 56.6 Å². The van der Waals surface area contributed by atoms with E-state index in [0.29, 0.717) is 19.1 Å². The van der Waals surface area contributed by atoms with Gasteiger partial charge in [0, 0.05) is 69.8 Å². The normalized spacial score (nSPS) is 14.4. The Morgan fingerprint density at radius 1 is 1.10 bits per heavy atom. The molecule has 3 aromatic rings. The minimum absolute atomic E-state index is 0.0297. The first-order valence-electron chi connectivity index (χ1n) is 10.5. The van der Waals surface area contributed by atoms with Crippen LogP contribution in [0.5, 0.6) is 0 Å². The molecule has 1 fully saturated rings. The number of piperazine rings is 1. The first kappa shape index (κ1) is 20.1. The Labute approximate surface area is 177 Å². The fourth-order valence-electron chi connectivity index (χ4n) is 3.90. The van der Waals surface area contributed by atoms with Gasteiger partial charge in [-0.05, 0) is 44.2 Å². The average Bonchev–Trinajstić information content (AvgIpc) is 3.16. The van der Waals surface area contributed by atoms with Gasteiger partial charge in [-0.3, -0.25) is 4.57 Å². The summed E-state index contributed by atoms with van der Waals surface area (Å²) in [6.45, 7) is 7.11. The predicted octanol–water partition coefficient (Wildman–Crippen LogP) is 3.71. The van der Waals surface area contributed by atoms with Gasteiger partial charge in [0.2, 0.25) is 0 Å². The summed E-state index contributed by atoms with van der Waals surface area (Å²) in [5, 5.41) is 4.54. The molecule has 1 aliphatic heterocycles. The molecule has 3 heterocycles. The number of amides is 1. The molecule has 0 radical (unpaired) electrons. The van der Waals surface area contributed by atoms with Gasteiger partial charge in [0.05, 0.1) is 11.2 Å². The van der Waals surface area contributed by atoms with E-state index >= 15 is 0 Å². The molecular formula is C23H30N6O. The number of aromatic nitrogens is 2. The summed E-state index contributed by atoms with van der Waals surface area (Å²) in [7, 11) is 4.02. The molecule has 0 atom stereocenters. The van der Waals surface area contributed by atoms with Crippen LogP contribution in [0.15, 0.2) is 48.8 Å². The third-order valence-corrected chi connectivity index (χ3v) is 5.48. The Kier molecular flexibility index (Phi) is 5.53. The van der Waals surface area contributed by atoms with E-state index in [1.54, 1.807) is 4.57 Å². The summed E-state index contributed by atoms with van der Waals surface area (Å²) in [4.78, 5) is 24.1. The van der Waals surface area contributed by atoms with Crippen molar-refractivity contribution in [1.82, 2.24) is 14.5 Å². The number of hydrogen-bond donors (Lipinski definition) is 1. The van der Waals surface area contributed by atoms with Crippen molar-refractivity contribution in [1.29, 1.82) is 0 Å². The van der Waals surface area contributed by atoms with Crippen molar-refractivity contribution in [3.63, 3.8) is 0 Å². The Bertz CT molecular complexity index is 1030. The maximum absolute atomic E-state index is 13.2. The lowest BCUT2D eigenvalue weighted by atomic mass is 10.2. The number of nitrogens with zero attached hydrogens (tertiary/aromatic N) is 5. The molecule has 0 bridgehead atoms. The first-order valence-corrected chi connectivity index (χ1v) is 10.5. The third kappa shape index (κ3) is 3.92. The van der Waals surface area contributed by atoms with Crippen LogP contribution in [0, 0.1) is 0 Å². The molecule has 1 aromatic carbocycles. The molecule has 1 aliphatic rings. The van der Waals surface area contributed by atoms with Crippen LogP contribution in [0.4, 0.5) is 22.0 Å². The van der Waals surface area contributed by atoms with E-state index < -0.39 is 0 Å². The van der Waals surface area contributed by atoms with Crippen LogP contribution in [0.3, 0.4) is 0 Å². The van der Waals surface area contributed by atoms with Gasteiger partial charge in [-0.25, -0.2) is 9.78 Å². The largest absolute Gasteiger partial charge is 0.380 e. The van der Waals surface area contributed by atoms with Crippen LogP contribution in [0.2, 0.25) is 0 Å². The highest BCUT2D eigenvalue weighted by Gasteiger charge is 2.25. The van der Waals surface area contributed by atoms with Gasteiger partial charge in [0.25, 0.3) is 0 Å². The smallest absolute Gasteiger partial charge is 0.328 e.